The first-order valence-electron chi connectivity index (χ1n) is 12.3. The summed E-state index contributed by atoms with van der Waals surface area (Å²) < 4.78 is 45.7. The minimum absolute atomic E-state index is 0.0537. The van der Waals surface area contributed by atoms with Crippen LogP contribution in [0.3, 0.4) is 0 Å². The zero-order chi connectivity index (χ0) is 28.8. The van der Waals surface area contributed by atoms with E-state index < -0.39 is 17.6 Å². The van der Waals surface area contributed by atoms with E-state index in [0.717, 1.165) is 32.9 Å². The van der Waals surface area contributed by atoms with Crippen molar-refractivity contribution in [3.63, 3.8) is 0 Å². The number of carbonyl (C=O) groups is 1. The molecule has 6 nitrogen and oxygen atoms in total. The third kappa shape index (κ3) is 7.71. The van der Waals surface area contributed by atoms with Crippen LogP contribution < -0.4 is 15.5 Å². The number of carbonyl (C=O) groups excluding carboxylic acids is 1. The average molecular weight is 639 g/mol. The van der Waals surface area contributed by atoms with Crippen molar-refractivity contribution in [2.24, 2.45) is 5.10 Å². The molecule has 0 bridgehead atoms. The number of hydrazone groups is 1. The van der Waals surface area contributed by atoms with Gasteiger partial charge in [0.15, 0.2) is 5.13 Å². The minimum atomic E-state index is -4.44. The zero-order valence-corrected chi connectivity index (χ0v) is 23.7. The monoisotopic (exact) mass is 638 g/mol. The number of halogens is 4. The fourth-order valence-corrected chi connectivity index (χ4v) is 5.07. The van der Waals surface area contributed by atoms with Crippen molar-refractivity contribution >= 4 is 61.0 Å². The van der Waals surface area contributed by atoms with E-state index in [4.69, 9.17) is 4.74 Å². The highest BCUT2D eigenvalue weighted by Gasteiger charge is 2.30. The standard InChI is InChI=1S/C30H22BrF3N4O2S/c31-24-10-11-27(40-17-19-8-9-20-4-1-2-5-21(20)12-19)22(13-24)16-35-38-28(39)15-26-18-41-29(37-26)36-25-7-3-6-23(14-25)30(32,33)34/h1-14,16,18H,15,17H2,(H,36,37)(H,38,39)/b35-16-. The number of hydrogen-bond acceptors (Lipinski definition) is 6. The van der Waals surface area contributed by atoms with Gasteiger partial charge in [-0.2, -0.15) is 18.3 Å². The molecule has 0 saturated carbocycles. The SMILES string of the molecule is O=C(Cc1csc(Nc2cccc(C(F)(F)F)c2)n1)N/N=C\c1cc(Br)ccc1OCc1ccc2ccccc2c1. The highest BCUT2D eigenvalue weighted by atomic mass is 79.9. The number of hydrogen-bond donors (Lipinski definition) is 2. The molecule has 0 radical (unpaired) electrons. The lowest BCUT2D eigenvalue weighted by Crippen LogP contribution is -2.20. The number of anilines is 2. The topological polar surface area (TPSA) is 75.6 Å². The van der Waals surface area contributed by atoms with Crippen LogP contribution in [0.4, 0.5) is 24.0 Å². The molecule has 0 aliphatic heterocycles. The van der Waals surface area contributed by atoms with E-state index >= 15 is 0 Å². The molecule has 5 rings (SSSR count). The van der Waals surface area contributed by atoms with Crippen molar-refractivity contribution in [3.8, 4) is 5.75 Å². The molecule has 1 aromatic heterocycles. The number of ether oxygens (including phenoxy) is 1. The summed E-state index contributed by atoms with van der Waals surface area (Å²) in [4.78, 5) is 16.7. The lowest BCUT2D eigenvalue weighted by molar-refractivity contribution is -0.137. The van der Waals surface area contributed by atoms with E-state index in [0.29, 0.717) is 28.7 Å². The predicted octanol–water partition coefficient (Wildman–Crippen LogP) is 8.09. The number of nitrogens with zero attached hydrogens (tertiary/aromatic N) is 2. The van der Waals surface area contributed by atoms with Gasteiger partial charge in [-0.3, -0.25) is 4.79 Å². The Labute approximate surface area is 246 Å². The number of amides is 1. The van der Waals surface area contributed by atoms with Gasteiger partial charge >= 0.3 is 6.18 Å². The molecule has 0 unspecified atom stereocenters. The van der Waals surface area contributed by atoms with E-state index in [2.05, 4.69) is 61.0 Å². The molecule has 1 amide bonds. The van der Waals surface area contributed by atoms with Gasteiger partial charge in [0.1, 0.15) is 12.4 Å². The van der Waals surface area contributed by atoms with Crippen LogP contribution in [-0.2, 0) is 24.0 Å². The van der Waals surface area contributed by atoms with Crippen LogP contribution in [-0.4, -0.2) is 17.1 Å². The molecule has 4 aromatic carbocycles. The van der Waals surface area contributed by atoms with Gasteiger partial charge in [0, 0.05) is 21.1 Å². The van der Waals surface area contributed by atoms with Gasteiger partial charge in [0.2, 0.25) is 5.91 Å². The summed E-state index contributed by atoms with van der Waals surface area (Å²) in [7, 11) is 0. The highest BCUT2D eigenvalue weighted by molar-refractivity contribution is 9.10. The molecular formula is C30H22BrF3N4O2S. The van der Waals surface area contributed by atoms with Gasteiger partial charge in [-0.25, -0.2) is 10.4 Å². The van der Waals surface area contributed by atoms with Crippen LogP contribution in [0.5, 0.6) is 5.75 Å². The minimum Gasteiger partial charge on any atom is -0.488 e. The first-order valence-corrected chi connectivity index (χ1v) is 14.0. The second-order valence-corrected chi connectivity index (χ2v) is 10.7. The molecule has 0 spiro atoms. The zero-order valence-electron chi connectivity index (χ0n) is 21.3. The van der Waals surface area contributed by atoms with E-state index in [1.807, 2.05) is 36.4 Å². The third-order valence-corrected chi connectivity index (χ3v) is 7.21. The molecule has 208 valence electrons. The molecule has 0 aliphatic rings. The highest BCUT2D eigenvalue weighted by Crippen LogP contribution is 2.32. The average Bonchev–Trinajstić information content (AvgIpc) is 3.38. The Morgan fingerprint density at radius 1 is 1.00 bits per heavy atom. The number of fused-ring (bicyclic) bond motifs is 1. The van der Waals surface area contributed by atoms with Gasteiger partial charge in [0.25, 0.3) is 0 Å². The third-order valence-electron chi connectivity index (χ3n) is 5.91. The lowest BCUT2D eigenvalue weighted by atomic mass is 10.1. The molecule has 1 heterocycles. The Balaban J connectivity index is 1.17. The Bertz CT molecular complexity index is 1720. The van der Waals surface area contributed by atoms with Crippen LogP contribution in [0.2, 0.25) is 0 Å². The van der Waals surface area contributed by atoms with E-state index in [1.54, 1.807) is 5.38 Å². The molecular weight excluding hydrogens is 617 g/mol. The van der Waals surface area contributed by atoms with Gasteiger partial charge in [0.05, 0.1) is 23.9 Å². The number of thiazole rings is 1. The van der Waals surface area contributed by atoms with Crippen LogP contribution in [0.25, 0.3) is 10.8 Å². The Hall–Kier alpha value is -4.22. The first kappa shape index (κ1) is 28.3. The number of rotatable bonds is 9. The second kappa shape index (κ2) is 12.5. The molecule has 11 heteroatoms. The second-order valence-electron chi connectivity index (χ2n) is 8.97. The Morgan fingerprint density at radius 2 is 1.83 bits per heavy atom. The van der Waals surface area contributed by atoms with Crippen molar-refractivity contribution in [1.82, 2.24) is 10.4 Å². The normalized spacial score (nSPS) is 11.6. The van der Waals surface area contributed by atoms with E-state index in [9.17, 15) is 18.0 Å². The van der Waals surface area contributed by atoms with Gasteiger partial charge in [-0.1, -0.05) is 58.4 Å². The van der Waals surface area contributed by atoms with Gasteiger partial charge < -0.3 is 10.1 Å². The van der Waals surface area contributed by atoms with Gasteiger partial charge in [-0.05, 0) is 58.8 Å². The summed E-state index contributed by atoms with van der Waals surface area (Å²) in [6.45, 7) is 0.361. The van der Waals surface area contributed by atoms with E-state index in [-0.39, 0.29) is 12.1 Å². The number of nitrogens with one attached hydrogen (secondary N) is 2. The maximum absolute atomic E-state index is 13.0. The maximum atomic E-state index is 13.0. The maximum Gasteiger partial charge on any atom is 0.416 e. The van der Waals surface area contributed by atoms with Crippen molar-refractivity contribution in [2.45, 2.75) is 19.2 Å². The summed E-state index contributed by atoms with van der Waals surface area (Å²) in [5, 5.41) is 11.2. The number of benzene rings is 4. The lowest BCUT2D eigenvalue weighted by Gasteiger charge is -2.10. The predicted molar refractivity (Wildman–Crippen MR) is 159 cm³/mol. The summed E-state index contributed by atoms with van der Waals surface area (Å²) in [6.07, 6.45) is -2.99. The first-order chi connectivity index (χ1) is 19.7. The van der Waals surface area contributed by atoms with Crippen molar-refractivity contribution in [2.75, 3.05) is 5.32 Å². The molecule has 41 heavy (non-hydrogen) atoms. The molecule has 0 aliphatic carbocycles. The quantitative estimate of drug-likeness (QED) is 0.126. The molecule has 2 N–H and O–H groups in total. The van der Waals surface area contributed by atoms with Crippen LogP contribution in [0.1, 0.15) is 22.4 Å². The van der Waals surface area contributed by atoms with Crippen LogP contribution in [0.15, 0.2) is 99.9 Å². The summed E-state index contributed by atoms with van der Waals surface area (Å²) in [6, 6.07) is 24.6. The molecule has 0 atom stereocenters. The smallest absolute Gasteiger partial charge is 0.416 e. The summed E-state index contributed by atoms with van der Waals surface area (Å²) in [5.74, 6) is 0.204. The van der Waals surface area contributed by atoms with Gasteiger partial charge in [-0.15, -0.1) is 11.3 Å². The molecule has 0 fully saturated rings. The number of alkyl halides is 3. The molecule has 5 aromatic rings. The summed E-state index contributed by atoms with van der Waals surface area (Å²) in [5.41, 5.74) is 4.12. The van der Waals surface area contributed by atoms with E-state index in [1.165, 1.54) is 29.7 Å². The fraction of sp³-hybridized carbons (Fsp3) is 0.100. The van der Waals surface area contributed by atoms with Crippen molar-refractivity contribution < 1.29 is 22.7 Å². The summed E-state index contributed by atoms with van der Waals surface area (Å²) >= 11 is 4.64. The molecule has 0 saturated heterocycles. The van der Waals surface area contributed by atoms with Crippen molar-refractivity contribution in [1.29, 1.82) is 0 Å². The van der Waals surface area contributed by atoms with Crippen molar-refractivity contribution in [3.05, 3.63) is 117 Å². The Kier molecular flexibility index (Phi) is 8.65. The van der Waals surface area contributed by atoms with Crippen LogP contribution in [0, 0.1) is 0 Å². The number of aromatic nitrogens is 1. The van der Waals surface area contributed by atoms with Crippen LogP contribution >= 0.6 is 27.3 Å². The largest absolute Gasteiger partial charge is 0.488 e. The fourth-order valence-electron chi connectivity index (χ4n) is 3.96. The Morgan fingerprint density at radius 3 is 2.66 bits per heavy atom.